The number of fused-ring (bicyclic) bond motifs is 3. The minimum atomic E-state index is -0.507. The van der Waals surface area contributed by atoms with E-state index in [1.165, 1.54) is 17.8 Å². The van der Waals surface area contributed by atoms with Crippen molar-refractivity contribution in [3.05, 3.63) is 92.3 Å². The molecule has 0 aliphatic rings. The molecule has 8 nitrogen and oxygen atoms in total. The summed E-state index contributed by atoms with van der Waals surface area (Å²) in [5.74, 6) is 0.653. The number of hydrogen-bond acceptors (Lipinski definition) is 7. The average Bonchev–Trinajstić information content (AvgIpc) is 3.20. The van der Waals surface area contributed by atoms with Gasteiger partial charge >= 0.3 is 0 Å². The fourth-order valence-corrected chi connectivity index (χ4v) is 4.53. The van der Waals surface area contributed by atoms with E-state index in [2.05, 4.69) is 10.2 Å². The van der Waals surface area contributed by atoms with Crippen LogP contribution in [0.25, 0.3) is 22.4 Å². The Labute approximate surface area is 185 Å². The Morgan fingerprint density at radius 2 is 1.88 bits per heavy atom. The number of para-hydroxylation sites is 1. The standard InChI is InChI=1S/C23H18N4O4S/c1-13-7-8-17(14(2)9-13)26-21(30)16-5-3-4-6-18(16)27-22(26)24-25-23(27)32-12-15-10-19(28)20(29)11-31-15/h3-11,29H,12H2,1-2H3. The lowest BCUT2D eigenvalue weighted by molar-refractivity contribution is 0.419. The van der Waals surface area contributed by atoms with E-state index in [1.807, 2.05) is 54.6 Å². The van der Waals surface area contributed by atoms with Gasteiger partial charge < -0.3 is 9.52 Å². The zero-order valence-electron chi connectivity index (χ0n) is 17.3. The van der Waals surface area contributed by atoms with Crippen LogP contribution in [0.2, 0.25) is 0 Å². The van der Waals surface area contributed by atoms with Crippen LogP contribution in [0.3, 0.4) is 0 Å². The summed E-state index contributed by atoms with van der Waals surface area (Å²) in [4.78, 5) is 25.1. The molecule has 5 rings (SSSR count). The highest BCUT2D eigenvalue weighted by atomic mass is 32.2. The topological polar surface area (TPSA) is 103 Å². The van der Waals surface area contributed by atoms with Gasteiger partial charge in [0.05, 0.1) is 22.3 Å². The van der Waals surface area contributed by atoms with Crippen molar-refractivity contribution in [1.82, 2.24) is 19.2 Å². The van der Waals surface area contributed by atoms with Crippen LogP contribution in [0.5, 0.6) is 5.75 Å². The smallest absolute Gasteiger partial charge is 0.267 e. The van der Waals surface area contributed by atoms with E-state index in [1.54, 1.807) is 10.6 Å². The highest BCUT2D eigenvalue weighted by Crippen LogP contribution is 2.26. The van der Waals surface area contributed by atoms with Crippen LogP contribution in [0.1, 0.15) is 16.9 Å². The number of aromatic nitrogens is 4. The van der Waals surface area contributed by atoms with Crippen molar-refractivity contribution in [1.29, 1.82) is 0 Å². The molecule has 0 aliphatic heterocycles. The molecule has 0 bridgehead atoms. The minimum Gasteiger partial charge on any atom is -0.502 e. The molecule has 0 aliphatic carbocycles. The van der Waals surface area contributed by atoms with E-state index < -0.39 is 11.2 Å². The maximum atomic E-state index is 13.4. The van der Waals surface area contributed by atoms with Crippen molar-refractivity contribution < 1.29 is 9.52 Å². The third-order valence-corrected chi connectivity index (χ3v) is 6.15. The fraction of sp³-hybridized carbons (Fsp3) is 0.130. The van der Waals surface area contributed by atoms with Crippen LogP contribution in [-0.4, -0.2) is 24.3 Å². The van der Waals surface area contributed by atoms with Crippen LogP contribution < -0.4 is 11.0 Å². The Bertz CT molecular complexity index is 1620. The van der Waals surface area contributed by atoms with Crippen molar-refractivity contribution >= 4 is 28.4 Å². The van der Waals surface area contributed by atoms with Gasteiger partial charge in [-0.05, 0) is 37.6 Å². The first-order chi connectivity index (χ1) is 15.4. The van der Waals surface area contributed by atoms with Gasteiger partial charge in [-0.1, -0.05) is 41.6 Å². The summed E-state index contributed by atoms with van der Waals surface area (Å²) in [6.45, 7) is 3.96. The summed E-state index contributed by atoms with van der Waals surface area (Å²) >= 11 is 1.32. The molecule has 0 saturated heterocycles. The molecule has 3 aromatic heterocycles. The molecule has 5 aromatic rings. The predicted octanol–water partition coefficient (Wildman–Crippen LogP) is 3.60. The largest absolute Gasteiger partial charge is 0.502 e. The quantitative estimate of drug-likeness (QED) is 0.421. The third kappa shape index (κ3) is 3.27. The Balaban J connectivity index is 1.71. The Morgan fingerprint density at radius 1 is 1.06 bits per heavy atom. The van der Waals surface area contributed by atoms with Gasteiger partial charge in [-0.3, -0.25) is 14.0 Å². The maximum absolute atomic E-state index is 13.4. The summed E-state index contributed by atoms with van der Waals surface area (Å²) in [7, 11) is 0. The Hall–Kier alpha value is -3.85. The molecule has 0 radical (unpaired) electrons. The minimum absolute atomic E-state index is 0.173. The van der Waals surface area contributed by atoms with Crippen LogP contribution in [0.4, 0.5) is 0 Å². The molecular weight excluding hydrogens is 428 g/mol. The number of thioether (sulfide) groups is 1. The lowest BCUT2D eigenvalue weighted by Crippen LogP contribution is -2.22. The SMILES string of the molecule is Cc1ccc(-n2c(=O)c3ccccc3n3c(SCc4cc(=O)c(O)co4)nnc23)c(C)c1. The molecule has 0 unspecified atom stereocenters. The molecule has 0 fully saturated rings. The van der Waals surface area contributed by atoms with Crippen molar-refractivity contribution in [2.24, 2.45) is 0 Å². The number of hydrogen-bond donors (Lipinski definition) is 1. The Kier molecular flexibility index (Phi) is 4.82. The first-order valence-electron chi connectivity index (χ1n) is 9.84. The number of rotatable bonds is 4. The van der Waals surface area contributed by atoms with Crippen molar-refractivity contribution in [2.75, 3.05) is 0 Å². The summed E-state index contributed by atoms with van der Waals surface area (Å²) in [5, 5.41) is 19.1. The van der Waals surface area contributed by atoms with E-state index in [-0.39, 0.29) is 5.56 Å². The zero-order valence-corrected chi connectivity index (χ0v) is 18.1. The van der Waals surface area contributed by atoms with Crippen LogP contribution >= 0.6 is 11.8 Å². The van der Waals surface area contributed by atoms with Gasteiger partial charge in [-0.15, -0.1) is 10.2 Å². The van der Waals surface area contributed by atoms with E-state index in [4.69, 9.17) is 4.42 Å². The predicted molar refractivity (Wildman–Crippen MR) is 122 cm³/mol. The summed E-state index contributed by atoms with van der Waals surface area (Å²) < 4.78 is 8.70. The van der Waals surface area contributed by atoms with Gasteiger partial charge in [0.2, 0.25) is 11.2 Å². The molecule has 0 amide bonds. The van der Waals surface area contributed by atoms with E-state index in [9.17, 15) is 14.7 Å². The molecule has 0 atom stereocenters. The fourth-order valence-electron chi connectivity index (χ4n) is 3.70. The Morgan fingerprint density at radius 3 is 2.66 bits per heavy atom. The van der Waals surface area contributed by atoms with Gasteiger partial charge in [0.1, 0.15) is 12.0 Å². The van der Waals surface area contributed by atoms with Crippen molar-refractivity contribution in [3.8, 4) is 11.4 Å². The highest BCUT2D eigenvalue weighted by molar-refractivity contribution is 7.98. The van der Waals surface area contributed by atoms with Gasteiger partial charge in [0.25, 0.3) is 5.56 Å². The molecule has 3 heterocycles. The molecule has 32 heavy (non-hydrogen) atoms. The van der Waals surface area contributed by atoms with E-state index >= 15 is 0 Å². The maximum Gasteiger partial charge on any atom is 0.267 e. The normalized spacial score (nSPS) is 11.4. The molecule has 9 heteroatoms. The number of benzene rings is 2. The zero-order chi connectivity index (χ0) is 22.4. The molecule has 0 saturated carbocycles. The molecule has 160 valence electrons. The molecule has 0 spiro atoms. The summed E-state index contributed by atoms with van der Waals surface area (Å²) in [6.07, 6.45) is 1.02. The summed E-state index contributed by atoms with van der Waals surface area (Å²) in [5.41, 5.74) is 2.80. The molecule has 2 aromatic carbocycles. The highest BCUT2D eigenvalue weighted by Gasteiger charge is 2.19. The second-order valence-corrected chi connectivity index (χ2v) is 8.39. The van der Waals surface area contributed by atoms with Gasteiger partial charge in [-0.25, -0.2) is 4.57 Å². The first-order valence-corrected chi connectivity index (χ1v) is 10.8. The second-order valence-electron chi connectivity index (χ2n) is 7.45. The lowest BCUT2D eigenvalue weighted by atomic mass is 10.1. The number of aromatic hydroxyl groups is 1. The van der Waals surface area contributed by atoms with Crippen molar-refractivity contribution in [2.45, 2.75) is 24.8 Å². The average molecular weight is 446 g/mol. The first kappa shape index (κ1) is 20.1. The van der Waals surface area contributed by atoms with Crippen LogP contribution in [0, 0.1) is 13.8 Å². The van der Waals surface area contributed by atoms with Crippen molar-refractivity contribution in [3.63, 3.8) is 0 Å². The molecular formula is C23H18N4O4S. The van der Waals surface area contributed by atoms with Gasteiger partial charge in [-0.2, -0.15) is 0 Å². The van der Waals surface area contributed by atoms with E-state index in [0.29, 0.717) is 33.4 Å². The van der Waals surface area contributed by atoms with E-state index in [0.717, 1.165) is 23.1 Å². The van der Waals surface area contributed by atoms with Gasteiger partial charge in [0, 0.05) is 6.07 Å². The van der Waals surface area contributed by atoms with Gasteiger partial charge in [0.15, 0.2) is 10.9 Å². The third-order valence-electron chi connectivity index (χ3n) is 5.20. The van der Waals surface area contributed by atoms with Crippen LogP contribution in [0.15, 0.2) is 74.0 Å². The lowest BCUT2D eigenvalue weighted by Gasteiger charge is -2.13. The monoisotopic (exact) mass is 446 g/mol. The number of aryl methyl sites for hydroxylation is 2. The number of nitrogens with zero attached hydrogens (tertiary/aromatic N) is 4. The second kappa shape index (κ2) is 7.69. The summed E-state index contributed by atoms with van der Waals surface area (Å²) in [6, 6.07) is 14.4. The van der Waals surface area contributed by atoms with Crippen LogP contribution in [-0.2, 0) is 5.75 Å². The molecule has 1 N–H and O–H groups in total.